The van der Waals surface area contributed by atoms with Gasteiger partial charge < -0.3 is 10.2 Å². The van der Waals surface area contributed by atoms with Gasteiger partial charge in [-0.15, -0.1) is 0 Å². The van der Waals surface area contributed by atoms with Crippen molar-refractivity contribution in [1.29, 1.82) is 0 Å². The maximum Gasteiger partial charge on any atom is 0.224 e. The first-order valence-electron chi connectivity index (χ1n) is 6.12. The van der Waals surface area contributed by atoms with E-state index in [-0.39, 0.29) is 5.91 Å². The zero-order valence-electron chi connectivity index (χ0n) is 10.7. The highest BCUT2D eigenvalue weighted by atomic mass is 16.1. The van der Waals surface area contributed by atoms with Gasteiger partial charge >= 0.3 is 0 Å². The fourth-order valence-electron chi connectivity index (χ4n) is 2.09. The second-order valence-electron chi connectivity index (χ2n) is 4.76. The minimum absolute atomic E-state index is 0.0836. The molecule has 0 radical (unpaired) electrons. The molecule has 1 aliphatic heterocycles. The Morgan fingerprint density at radius 3 is 2.88 bits per heavy atom. The number of rotatable bonds is 1. The second-order valence-corrected chi connectivity index (χ2v) is 4.76. The molecule has 2 rings (SSSR count). The van der Waals surface area contributed by atoms with Crippen molar-refractivity contribution < 1.29 is 4.79 Å². The molecule has 0 aromatic carbocycles. The van der Waals surface area contributed by atoms with E-state index in [9.17, 15) is 4.79 Å². The summed E-state index contributed by atoms with van der Waals surface area (Å²) in [6.45, 7) is 7.16. The van der Waals surface area contributed by atoms with Gasteiger partial charge in [-0.1, -0.05) is 0 Å². The van der Waals surface area contributed by atoms with Crippen molar-refractivity contribution in [2.75, 3.05) is 16.8 Å². The number of nitrogens with one attached hydrogen (secondary N) is 1. The lowest BCUT2D eigenvalue weighted by atomic mass is 10.2. The number of fused-ring (bicyclic) bond motifs is 1. The summed E-state index contributed by atoms with van der Waals surface area (Å²) in [4.78, 5) is 18.4. The lowest BCUT2D eigenvalue weighted by Gasteiger charge is -2.31. The largest absolute Gasteiger partial charge is 0.352 e. The van der Waals surface area contributed by atoms with Gasteiger partial charge in [0.1, 0.15) is 0 Å². The predicted octanol–water partition coefficient (Wildman–Crippen LogP) is 2.34. The normalized spacial score (nSPS) is 16.2. The zero-order valence-corrected chi connectivity index (χ0v) is 10.7. The fourth-order valence-corrected chi connectivity index (χ4v) is 2.09. The van der Waals surface area contributed by atoms with Gasteiger partial charge in [0, 0.05) is 24.7 Å². The van der Waals surface area contributed by atoms with Crippen LogP contribution >= 0.6 is 0 Å². The molecule has 2 heterocycles. The summed E-state index contributed by atoms with van der Waals surface area (Å²) in [7, 11) is 0. The van der Waals surface area contributed by atoms with Gasteiger partial charge in [0.05, 0.1) is 5.69 Å². The van der Waals surface area contributed by atoms with Crippen molar-refractivity contribution in [3.63, 3.8) is 0 Å². The van der Waals surface area contributed by atoms with Crippen molar-refractivity contribution in [3.8, 4) is 0 Å². The lowest BCUT2D eigenvalue weighted by Crippen LogP contribution is -2.35. The summed E-state index contributed by atoms with van der Waals surface area (Å²) < 4.78 is 0. The van der Waals surface area contributed by atoms with E-state index in [0.717, 1.165) is 30.2 Å². The van der Waals surface area contributed by atoms with Gasteiger partial charge in [0.2, 0.25) is 5.91 Å². The zero-order chi connectivity index (χ0) is 12.4. The van der Waals surface area contributed by atoms with Crippen molar-refractivity contribution >= 4 is 17.4 Å². The number of carbonyl (C=O) groups is 1. The van der Waals surface area contributed by atoms with Crippen molar-refractivity contribution in [2.45, 2.75) is 39.7 Å². The predicted molar refractivity (Wildman–Crippen MR) is 69.3 cm³/mol. The van der Waals surface area contributed by atoms with E-state index >= 15 is 0 Å². The Balaban J connectivity index is 2.44. The van der Waals surface area contributed by atoms with Crippen molar-refractivity contribution in [2.24, 2.45) is 0 Å². The SMILES string of the molecule is Cc1ccc2c(n1)N(C(C)C)CCCC(=O)N2. The van der Waals surface area contributed by atoms with Crippen LogP contribution in [-0.2, 0) is 4.79 Å². The third-order valence-corrected chi connectivity index (χ3v) is 2.99. The highest BCUT2D eigenvalue weighted by Crippen LogP contribution is 2.27. The number of carbonyl (C=O) groups excluding carboxylic acids is 1. The summed E-state index contributed by atoms with van der Waals surface area (Å²) in [5.41, 5.74) is 1.80. The van der Waals surface area contributed by atoms with Gasteiger partial charge in [-0.05, 0) is 39.3 Å². The van der Waals surface area contributed by atoms with Crippen LogP contribution < -0.4 is 10.2 Å². The molecule has 1 aliphatic rings. The lowest BCUT2D eigenvalue weighted by molar-refractivity contribution is -0.116. The number of amides is 1. The van der Waals surface area contributed by atoms with E-state index in [4.69, 9.17) is 0 Å². The Morgan fingerprint density at radius 1 is 1.41 bits per heavy atom. The van der Waals surface area contributed by atoms with Crippen LogP contribution in [0.15, 0.2) is 12.1 Å². The molecular weight excluding hydrogens is 214 g/mol. The molecule has 0 atom stereocenters. The van der Waals surface area contributed by atoms with E-state index in [1.165, 1.54) is 0 Å². The molecule has 92 valence electrons. The third kappa shape index (κ3) is 2.57. The van der Waals surface area contributed by atoms with Crippen LogP contribution in [0, 0.1) is 6.92 Å². The maximum absolute atomic E-state index is 11.6. The first-order chi connectivity index (χ1) is 8.08. The van der Waals surface area contributed by atoms with Crippen LogP contribution in [-0.4, -0.2) is 23.5 Å². The molecule has 0 spiro atoms. The maximum atomic E-state index is 11.6. The molecule has 0 fully saturated rings. The van der Waals surface area contributed by atoms with Gasteiger partial charge in [-0.25, -0.2) is 4.98 Å². The highest BCUT2D eigenvalue weighted by Gasteiger charge is 2.20. The number of aryl methyl sites for hydroxylation is 1. The number of nitrogens with zero attached hydrogens (tertiary/aromatic N) is 2. The van der Waals surface area contributed by atoms with Crippen molar-refractivity contribution in [1.82, 2.24) is 4.98 Å². The van der Waals surface area contributed by atoms with Crippen molar-refractivity contribution in [3.05, 3.63) is 17.8 Å². The number of aromatic nitrogens is 1. The fraction of sp³-hybridized carbons (Fsp3) is 0.538. The topological polar surface area (TPSA) is 45.2 Å². The third-order valence-electron chi connectivity index (χ3n) is 2.99. The van der Waals surface area contributed by atoms with Gasteiger partial charge in [0.15, 0.2) is 5.82 Å². The first kappa shape index (κ1) is 11.9. The van der Waals surface area contributed by atoms with Crippen LogP contribution in [0.25, 0.3) is 0 Å². The van der Waals surface area contributed by atoms with E-state index in [1.54, 1.807) is 0 Å². The molecule has 4 nitrogen and oxygen atoms in total. The van der Waals surface area contributed by atoms with E-state index in [1.807, 2.05) is 19.1 Å². The second kappa shape index (κ2) is 4.73. The molecule has 17 heavy (non-hydrogen) atoms. The van der Waals surface area contributed by atoms with Crippen LogP contribution in [0.5, 0.6) is 0 Å². The van der Waals surface area contributed by atoms with E-state index in [0.29, 0.717) is 12.5 Å². The quantitative estimate of drug-likeness (QED) is 0.809. The summed E-state index contributed by atoms with van der Waals surface area (Å²) in [5.74, 6) is 0.980. The van der Waals surface area contributed by atoms with Gasteiger partial charge in [-0.2, -0.15) is 0 Å². The summed E-state index contributed by atoms with van der Waals surface area (Å²) in [6.07, 6.45) is 1.45. The van der Waals surface area contributed by atoms with Gasteiger partial charge in [-0.3, -0.25) is 4.79 Å². The Kier molecular flexibility index (Phi) is 3.31. The van der Waals surface area contributed by atoms with Gasteiger partial charge in [0.25, 0.3) is 0 Å². The average molecular weight is 233 g/mol. The van der Waals surface area contributed by atoms with Crippen LogP contribution in [0.3, 0.4) is 0 Å². The Morgan fingerprint density at radius 2 is 2.18 bits per heavy atom. The number of hydrogen-bond donors (Lipinski definition) is 1. The standard InChI is InChI=1S/C13H19N3O/c1-9(2)16-8-4-5-12(17)15-11-7-6-10(3)14-13(11)16/h6-7,9H,4-5,8H2,1-3H3,(H,15,17). The summed E-state index contributed by atoms with van der Waals surface area (Å²) in [6, 6.07) is 4.26. The molecule has 1 N–H and O–H groups in total. The highest BCUT2D eigenvalue weighted by molar-refractivity contribution is 5.94. The molecule has 0 aliphatic carbocycles. The minimum Gasteiger partial charge on any atom is -0.352 e. The molecule has 1 aromatic rings. The van der Waals surface area contributed by atoms with E-state index < -0.39 is 0 Å². The smallest absolute Gasteiger partial charge is 0.224 e. The Hall–Kier alpha value is -1.58. The Bertz CT molecular complexity index is 429. The molecule has 4 heteroatoms. The molecule has 1 aromatic heterocycles. The minimum atomic E-state index is 0.0836. The van der Waals surface area contributed by atoms with Crippen LogP contribution in [0.1, 0.15) is 32.4 Å². The molecule has 0 saturated carbocycles. The summed E-state index contributed by atoms with van der Waals surface area (Å²) in [5, 5.41) is 2.93. The van der Waals surface area contributed by atoms with Crippen LogP contribution in [0.2, 0.25) is 0 Å². The molecular formula is C13H19N3O. The monoisotopic (exact) mass is 233 g/mol. The molecule has 0 saturated heterocycles. The molecule has 0 unspecified atom stereocenters. The number of hydrogen-bond acceptors (Lipinski definition) is 3. The Labute approximate surface area is 102 Å². The first-order valence-corrected chi connectivity index (χ1v) is 6.12. The molecule has 1 amide bonds. The molecule has 0 bridgehead atoms. The average Bonchev–Trinajstić information content (AvgIpc) is 2.24. The van der Waals surface area contributed by atoms with Crippen LogP contribution in [0.4, 0.5) is 11.5 Å². The summed E-state index contributed by atoms with van der Waals surface area (Å²) >= 11 is 0. The van der Waals surface area contributed by atoms with E-state index in [2.05, 4.69) is 29.0 Å². The number of anilines is 2. The number of pyridine rings is 1.